The Morgan fingerprint density at radius 3 is 2.24 bits per heavy atom. The van der Waals surface area contributed by atoms with E-state index in [2.05, 4.69) is 15.6 Å². The number of hydrogen-bond donors (Lipinski definition) is 2. The summed E-state index contributed by atoms with van der Waals surface area (Å²) in [6.45, 7) is 1.90. The van der Waals surface area contributed by atoms with E-state index in [0.29, 0.717) is 42.8 Å². The predicted molar refractivity (Wildman–Crippen MR) is 117 cm³/mol. The molecule has 2 rings (SSSR count). The van der Waals surface area contributed by atoms with E-state index in [0.717, 1.165) is 17.1 Å². The second-order valence-electron chi connectivity index (χ2n) is 6.21. The number of ether oxygens (including phenoxy) is 3. The largest absolute Gasteiger partial charge is 0.493 e. The van der Waals surface area contributed by atoms with Crippen molar-refractivity contribution in [1.29, 1.82) is 0 Å². The molecule has 164 valence electrons. The summed E-state index contributed by atoms with van der Waals surface area (Å²) in [6, 6.07) is 3.70. The van der Waals surface area contributed by atoms with Gasteiger partial charge in [0.15, 0.2) is 17.5 Å². The first-order valence-electron chi connectivity index (χ1n) is 9.24. The molecule has 0 amide bonds. The van der Waals surface area contributed by atoms with Crippen LogP contribution >= 0.6 is 11.8 Å². The van der Waals surface area contributed by atoms with E-state index in [9.17, 15) is 8.42 Å². The van der Waals surface area contributed by atoms with Crippen molar-refractivity contribution in [2.24, 2.45) is 4.99 Å². The number of hydrogen-bond acceptors (Lipinski definition) is 7. The van der Waals surface area contributed by atoms with Gasteiger partial charge in [-0.2, -0.15) is 11.8 Å². The van der Waals surface area contributed by atoms with Gasteiger partial charge in [-0.15, -0.1) is 0 Å². The van der Waals surface area contributed by atoms with Gasteiger partial charge in [0.05, 0.1) is 27.1 Å². The zero-order valence-electron chi connectivity index (χ0n) is 17.4. The molecule has 0 unspecified atom stereocenters. The molecule has 1 aliphatic rings. The van der Waals surface area contributed by atoms with Gasteiger partial charge in [0.25, 0.3) is 0 Å². The summed E-state index contributed by atoms with van der Waals surface area (Å²) in [4.78, 5) is 4.15. The van der Waals surface area contributed by atoms with E-state index in [1.165, 1.54) is 0 Å². The van der Waals surface area contributed by atoms with Gasteiger partial charge >= 0.3 is 0 Å². The number of guanidine groups is 1. The van der Waals surface area contributed by atoms with E-state index in [1.807, 2.05) is 12.1 Å². The summed E-state index contributed by atoms with van der Waals surface area (Å²) in [5.74, 6) is 3.92. The molecular formula is C18H30N4O5S2. The summed E-state index contributed by atoms with van der Waals surface area (Å²) in [7, 11) is 3.08. The highest BCUT2D eigenvalue weighted by molar-refractivity contribution is 7.99. The van der Waals surface area contributed by atoms with E-state index >= 15 is 0 Å². The molecule has 9 nitrogen and oxygen atoms in total. The summed E-state index contributed by atoms with van der Waals surface area (Å²) >= 11 is 1.78. The zero-order valence-corrected chi connectivity index (χ0v) is 19.0. The average Bonchev–Trinajstić information content (AvgIpc) is 2.75. The maximum absolute atomic E-state index is 12.4. The second kappa shape index (κ2) is 11.4. The second-order valence-corrected chi connectivity index (χ2v) is 9.53. The number of sulfonamides is 1. The van der Waals surface area contributed by atoms with Crippen LogP contribution in [0, 0.1) is 0 Å². The van der Waals surface area contributed by atoms with Crippen LogP contribution in [0.3, 0.4) is 0 Å². The Labute approximate surface area is 177 Å². The average molecular weight is 447 g/mol. The number of benzene rings is 1. The van der Waals surface area contributed by atoms with Crippen molar-refractivity contribution >= 4 is 27.7 Å². The highest BCUT2D eigenvalue weighted by Crippen LogP contribution is 2.38. The number of methoxy groups -OCH3 is 3. The van der Waals surface area contributed by atoms with Gasteiger partial charge in [-0.3, -0.25) is 4.99 Å². The minimum Gasteiger partial charge on any atom is -0.493 e. The fraction of sp³-hybridized carbons (Fsp3) is 0.611. The van der Waals surface area contributed by atoms with E-state index in [-0.39, 0.29) is 12.3 Å². The molecule has 1 heterocycles. The van der Waals surface area contributed by atoms with Gasteiger partial charge in [-0.1, -0.05) is 0 Å². The molecule has 1 aliphatic heterocycles. The van der Waals surface area contributed by atoms with Crippen molar-refractivity contribution in [3.63, 3.8) is 0 Å². The molecule has 0 saturated carbocycles. The minimum absolute atomic E-state index is 0.0303. The van der Waals surface area contributed by atoms with Crippen LogP contribution in [-0.4, -0.2) is 84.0 Å². The van der Waals surface area contributed by atoms with E-state index in [4.69, 9.17) is 14.2 Å². The third-order valence-electron chi connectivity index (χ3n) is 4.42. The van der Waals surface area contributed by atoms with Gasteiger partial charge in [-0.25, -0.2) is 12.7 Å². The highest BCUT2D eigenvalue weighted by atomic mass is 32.2. The van der Waals surface area contributed by atoms with Crippen LogP contribution in [0.1, 0.15) is 5.56 Å². The van der Waals surface area contributed by atoms with Crippen molar-refractivity contribution in [1.82, 2.24) is 14.9 Å². The number of nitrogens with zero attached hydrogens (tertiary/aromatic N) is 2. The Morgan fingerprint density at radius 2 is 1.72 bits per heavy atom. The molecule has 1 aromatic carbocycles. The monoisotopic (exact) mass is 446 g/mol. The molecule has 0 atom stereocenters. The van der Waals surface area contributed by atoms with Gasteiger partial charge in [0.1, 0.15) is 0 Å². The fourth-order valence-corrected chi connectivity index (χ4v) is 5.39. The quantitative estimate of drug-likeness (QED) is 0.423. The molecule has 2 N–H and O–H groups in total. The molecule has 11 heteroatoms. The Hall–Kier alpha value is -1.85. The van der Waals surface area contributed by atoms with E-state index in [1.54, 1.807) is 44.4 Å². The molecular weight excluding hydrogens is 416 g/mol. The van der Waals surface area contributed by atoms with Crippen LogP contribution in [0.25, 0.3) is 0 Å². The molecule has 1 aromatic rings. The third kappa shape index (κ3) is 6.58. The maximum atomic E-state index is 12.4. The molecule has 29 heavy (non-hydrogen) atoms. The van der Waals surface area contributed by atoms with Crippen LogP contribution in [0.5, 0.6) is 17.2 Å². The van der Waals surface area contributed by atoms with Crippen LogP contribution in [0.15, 0.2) is 17.1 Å². The smallest absolute Gasteiger partial charge is 0.215 e. The Balaban J connectivity index is 1.90. The van der Waals surface area contributed by atoms with Crippen LogP contribution in [0.2, 0.25) is 0 Å². The summed E-state index contributed by atoms with van der Waals surface area (Å²) in [5.41, 5.74) is 0.904. The fourth-order valence-electron chi connectivity index (χ4n) is 2.90. The first kappa shape index (κ1) is 23.4. The van der Waals surface area contributed by atoms with Gasteiger partial charge in [-0.05, 0) is 17.7 Å². The van der Waals surface area contributed by atoms with Crippen molar-refractivity contribution < 1.29 is 22.6 Å². The molecule has 1 fully saturated rings. The normalized spacial score (nSPS) is 15.7. The van der Waals surface area contributed by atoms with Crippen LogP contribution in [0.4, 0.5) is 0 Å². The Kier molecular flexibility index (Phi) is 9.18. The molecule has 0 radical (unpaired) electrons. The molecule has 0 aliphatic carbocycles. The molecule has 0 bridgehead atoms. The lowest BCUT2D eigenvalue weighted by Gasteiger charge is -2.25. The first-order valence-corrected chi connectivity index (χ1v) is 12.0. The Bertz CT molecular complexity index is 770. The number of nitrogens with one attached hydrogen (secondary N) is 2. The van der Waals surface area contributed by atoms with Crippen molar-refractivity contribution in [3.8, 4) is 17.2 Å². The van der Waals surface area contributed by atoms with Crippen LogP contribution in [-0.2, 0) is 16.6 Å². The van der Waals surface area contributed by atoms with E-state index < -0.39 is 10.0 Å². The molecule has 0 aromatic heterocycles. The Morgan fingerprint density at radius 1 is 1.10 bits per heavy atom. The summed E-state index contributed by atoms with van der Waals surface area (Å²) in [6.07, 6.45) is 0. The lowest BCUT2D eigenvalue weighted by Crippen LogP contribution is -2.44. The lowest BCUT2D eigenvalue weighted by molar-refractivity contribution is 0.323. The number of rotatable bonds is 9. The summed E-state index contributed by atoms with van der Waals surface area (Å²) < 4.78 is 42.4. The third-order valence-corrected chi connectivity index (χ3v) is 7.24. The number of thioether (sulfide) groups is 1. The predicted octanol–water partition coefficient (Wildman–Crippen LogP) is 0.756. The van der Waals surface area contributed by atoms with Crippen LogP contribution < -0.4 is 24.8 Å². The molecule has 1 saturated heterocycles. The minimum atomic E-state index is -3.25. The van der Waals surface area contributed by atoms with Crippen molar-refractivity contribution in [3.05, 3.63) is 17.7 Å². The van der Waals surface area contributed by atoms with Gasteiger partial charge < -0.3 is 24.8 Å². The maximum Gasteiger partial charge on any atom is 0.215 e. The zero-order chi connectivity index (χ0) is 21.3. The van der Waals surface area contributed by atoms with Crippen molar-refractivity contribution in [2.45, 2.75) is 6.54 Å². The standard InChI is InChI=1S/C18H30N4O5S2/c1-19-18(20-5-10-29(23,24)22-6-8-28-9-7-22)21-13-14-11-15(25-2)17(27-4)16(12-14)26-3/h11-12H,5-10,13H2,1-4H3,(H2,19,20,21). The summed E-state index contributed by atoms with van der Waals surface area (Å²) in [5, 5.41) is 6.22. The van der Waals surface area contributed by atoms with Gasteiger partial charge in [0.2, 0.25) is 15.8 Å². The SMILES string of the molecule is CN=C(NCCS(=O)(=O)N1CCSCC1)NCc1cc(OC)c(OC)c(OC)c1. The number of aliphatic imine (C=N–C) groups is 1. The highest BCUT2D eigenvalue weighted by Gasteiger charge is 2.23. The van der Waals surface area contributed by atoms with Crippen molar-refractivity contribution in [2.75, 3.05) is 65.3 Å². The molecule has 0 spiro atoms. The lowest BCUT2D eigenvalue weighted by atomic mass is 10.2. The van der Waals surface area contributed by atoms with Gasteiger partial charge in [0, 0.05) is 44.7 Å². The topological polar surface area (TPSA) is 101 Å². The first-order chi connectivity index (χ1) is 13.9.